The second-order valence-corrected chi connectivity index (χ2v) is 6.12. The van der Waals surface area contributed by atoms with Crippen molar-refractivity contribution in [1.82, 2.24) is 4.90 Å². The van der Waals surface area contributed by atoms with Crippen molar-refractivity contribution in [1.29, 1.82) is 0 Å². The summed E-state index contributed by atoms with van der Waals surface area (Å²) in [5, 5.41) is 0. The van der Waals surface area contributed by atoms with Crippen LogP contribution in [0.5, 0.6) is 11.5 Å². The van der Waals surface area contributed by atoms with Crippen LogP contribution < -0.4 is 15.2 Å². The summed E-state index contributed by atoms with van der Waals surface area (Å²) in [6.07, 6.45) is 0.523. The summed E-state index contributed by atoms with van der Waals surface area (Å²) < 4.78 is 10.7. The SMILES string of the molecule is COc1cc(C)c(CN(C)C(=O)[C@@H](N)Cc2ccccc2)cc1OC. The molecule has 5 heteroatoms. The maximum atomic E-state index is 12.6. The average molecular weight is 342 g/mol. The van der Waals surface area contributed by atoms with Gasteiger partial charge < -0.3 is 20.1 Å². The van der Waals surface area contributed by atoms with Crippen LogP contribution in [0.3, 0.4) is 0 Å². The number of carbonyl (C=O) groups excluding carboxylic acids is 1. The number of hydrogen-bond donors (Lipinski definition) is 1. The molecule has 5 nitrogen and oxygen atoms in total. The molecule has 0 saturated carbocycles. The highest BCUT2D eigenvalue weighted by atomic mass is 16.5. The highest BCUT2D eigenvalue weighted by Gasteiger charge is 2.20. The molecule has 0 aliphatic rings. The maximum absolute atomic E-state index is 12.6. The Morgan fingerprint density at radius 2 is 1.72 bits per heavy atom. The van der Waals surface area contributed by atoms with Gasteiger partial charge in [-0.3, -0.25) is 4.79 Å². The maximum Gasteiger partial charge on any atom is 0.239 e. The van der Waals surface area contributed by atoms with Crippen LogP contribution in [0, 0.1) is 6.92 Å². The highest BCUT2D eigenvalue weighted by molar-refractivity contribution is 5.81. The molecule has 0 fully saturated rings. The molecule has 2 aromatic rings. The monoisotopic (exact) mass is 342 g/mol. The Bertz CT molecular complexity index is 716. The molecule has 0 aliphatic carbocycles. The minimum absolute atomic E-state index is 0.0852. The van der Waals surface area contributed by atoms with Gasteiger partial charge in [0.1, 0.15) is 0 Å². The van der Waals surface area contributed by atoms with E-state index in [0.717, 1.165) is 16.7 Å². The van der Waals surface area contributed by atoms with Gasteiger partial charge >= 0.3 is 0 Å². The molecule has 1 atom stereocenters. The van der Waals surface area contributed by atoms with Crippen molar-refractivity contribution in [2.75, 3.05) is 21.3 Å². The Kier molecular flexibility index (Phi) is 6.42. The first kappa shape index (κ1) is 18.8. The molecule has 0 aliphatic heterocycles. The fourth-order valence-corrected chi connectivity index (χ4v) is 2.76. The zero-order valence-electron chi connectivity index (χ0n) is 15.3. The summed E-state index contributed by atoms with van der Waals surface area (Å²) in [5.41, 5.74) is 9.20. The van der Waals surface area contributed by atoms with Crippen LogP contribution in [0.15, 0.2) is 42.5 Å². The second-order valence-electron chi connectivity index (χ2n) is 6.12. The van der Waals surface area contributed by atoms with Crippen molar-refractivity contribution < 1.29 is 14.3 Å². The fourth-order valence-electron chi connectivity index (χ4n) is 2.76. The Morgan fingerprint density at radius 3 is 2.32 bits per heavy atom. The van der Waals surface area contributed by atoms with E-state index in [2.05, 4.69) is 0 Å². The molecular weight excluding hydrogens is 316 g/mol. The first-order chi connectivity index (χ1) is 12.0. The van der Waals surface area contributed by atoms with Crippen molar-refractivity contribution in [3.05, 3.63) is 59.2 Å². The van der Waals surface area contributed by atoms with Gasteiger partial charge in [-0.25, -0.2) is 0 Å². The molecule has 0 saturated heterocycles. The summed E-state index contributed by atoms with van der Waals surface area (Å²) in [6, 6.07) is 13.1. The Hall–Kier alpha value is -2.53. The van der Waals surface area contributed by atoms with Crippen molar-refractivity contribution in [2.45, 2.75) is 25.9 Å². The molecule has 0 unspecified atom stereocenters. The van der Waals surface area contributed by atoms with E-state index in [1.165, 1.54) is 0 Å². The van der Waals surface area contributed by atoms with E-state index in [9.17, 15) is 4.79 Å². The van der Waals surface area contributed by atoms with Gasteiger partial charge in [-0.1, -0.05) is 30.3 Å². The zero-order valence-corrected chi connectivity index (χ0v) is 15.3. The van der Waals surface area contributed by atoms with E-state index < -0.39 is 6.04 Å². The van der Waals surface area contributed by atoms with Gasteiger partial charge in [0, 0.05) is 13.6 Å². The van der Waals surface area contributed by atoms with E-state index in [4.69, 9.17) is 15.2 Å². The van der Waals surface area contributed by atoms with E-state index in [-0.39, 0.29) is 5.91 Å². The molecule has 2 rings (SSSR count). The number of ether oxygens (including phenoxy) is 2. The molecule has 134 valence electrons. The van der Waals surface area contributed by atoms with Gasteiger partial charge in [-0.2, -0.15) is 0 Å². The van der Waals surface area contributed by atoms with Gasteiger partial charge in [0.25, 0.3) is 0 Å². The Morgan fingerprint density at radius 1 is 1.12 bits per heavy atom. The third kappa shape index (κ3) is 4.73. The first-order valence-corrected chi connectivity index (χ1v) is 8.22. The lowest BCUT2D eigenvalue weighted by molar-refractivity contribution is -0.131. The fraction of sp³-hybridized carbons (Fsp3) is 0.350. The smallest absolute Gasteiger partial charge is 0.239 e. The summed E-state index contributed by atoms with van der Waals surface area (Å²) in [7, 11) is 4.97. The van der Waals surface area contributed by atoms with Crippen molar-refractivity contribution in [3.63, 3.8) is 0 Å². The first-order valence-electron chi connectivity index (χ1n) is 8.22. The minimum atomic E-state index is -0.562. The molecule has 0 bridgehead atoms. The summed E-state index contributed by atoms with van der Waals surface area (Å²) in [5.74, 6) is 1.24. The van der Waals surface area contributed by atoms with Crippen LogP contribution in [0.1, 0.15) is 16.7 Å². The third-order valence-electron chi connectivity index (χ3n) is 4.24. The number of aryl methyl sites for hydroxylation is 1. The zero-order chi connectivity index (χ0) is 18.4. The molecular formula is C20H26N2O3. The van der Waals surface area contributed by atoms with Crippen LogP contribution in [0.25, 0.3) is 0 Å². The molecule has 0 spiro atoms. The van der Waals surface area contributed by atoms with Gasteiger partial charge in [0.2, 0.25) is 5.91 Å². The topological polar surface area (TPSA) is 64.8 Å². The predicted octanol–water partition coefficient (Wildman–Crippen LogP) is 2.54. The number of amides is 1. The quantitative estimate of drug-likeness (QED) is 0.840. The number of carbonyl (C=O) groups is 1. The number of hydrogen-bond acceptors (Lipinski definition) is 4. The van der Waals surface area contributed by atoms with E-state index >= 15 is 0 Å². The molecule has 25 heavy (non-hydrogen) atoms. The van der Waals surface area contributed by atoms with Gasteiger partial charge in [-0.05, 0) is 42.2 Å². The lowest BCUT2D eigenvalue weighted by atomic mass is 10.0. The van der Waals surface area contributed by atoms with Gasteiger partial charge in [0.05, 0.1) is 20.3 Å². The van der Waals surface area contributed by atoms with Crippen molar-refractivity contribution in [2.24, 2.45) is 5.73 Å². The van der Waals surface area contributed by atoms with Crippen LogP contribution in [0.4, 0.5) is 0 Å². The summed E-state index contributed by atoms with van der Waals surface area (Å²) in [6.45, 7) is 2.45. The molecule has 2 N–H and O–H groups in total. The van der Waals surface area contributed by atoms with Gasteiger partial charge in [0.15, 0.2) is 11.5 Å². The molecule has 0 aromatic heterocycles. The van der Waals surface area contributed by atoms with Crippen molar-refractivity contribution >= 4 is 5.91 Å². The minimum Gasteiger partial charge on any atom is -0.493 e. The van der Waals surface area contributed by atoms with Crippen LogP contribution >= 0.6 is 0 Å². The average Bonchev–Trinajstić information content (AvgIpc) is 2.62. The van der Waals surface area contributed by atoms with E-state index in [0.29, 0.717) is 24.5 Å². The largest absolute Gasteiger partial charge is 0.493 e. The molecule has 1 amide bonds. The molecule has 0 heterocycles. The predicted molar refractivity (Wildman–Crippen MR) is 98.9 cm³/mol. The van der Waals surface area contributed by atoms with Crippen LogP contribution in [-0.2, 0) is 17.8 Å². The summed E-state index contributed by atoms with van der Waals surface area (Å²) >= 11 is 0. The number of likely N-dealkylation sites (N-methyl/N-ethyl adjacent to an activating group) is 1. The Balaban J connectivity index is 2.08. The van der Waals surface area contributed by atoms with Crippen molar-refractivity contribution in [3.8, 4) is 11.5 Å². The standard InChI is InChI=1S/C20H26N2O3/c1-14-10-18(24-3)19(25-4)12-16(14)13-22(2)20(23)17(21)11-15-8-6-5-7-9-15/h5-10,12,17H,11,13,21H2,1-4H3/t17-/m0/s1. The molecule has 2 aromatic carbocycles. The van der Waals surface area contributed by atoms with Crippen LogP contribution in [-0.4, -0.2) is 38.1 Å². The number of benzene rings is 2. The summed E-state index contributed by atoms with van der Waals surface area (Å²) in [4.78, 5) is 14.2. The van der Waals surface area contributed by atoms with Gasteiger partial charge in [-0.15, -0.1) is 0 Å². The third-order valence-corrected chi connectivity index (χ3v) is 4.24. The van der Waals surface area contributed by atoms with Crippen LogP contribution in [0.2, 0.25) is 0 Å². The highest BCUT2D eigenvalue weighted by Crippen LogP contribution is 2.30. The van der Waals surface area contributed by atoms with E-state index in [1.807, 2.05) is 49.4 Å². The molecule has 0 radical (unpaired) electrons. The Labute approximate surface area is 149 Å². The number of nitrogens with zero attached hydrogens (tertiary/aromatic N) is 1. The normalized spacial score (nSPS) is 11.7. The van der Waals surface area contributed by atoms with E-state index in [1.54, 1.807) is 26.2 Å². The lowest BCUT2D eigenvalue weighted by Crippen LogP contribution is -2.42. The number of nitrogens with two attached hydrogens (primary N) is 1. The lowest BCUT2D eigenvalue weighted by Gasteiger charge is -2.23. The second kappa shape index (κ2) is 8.53. The number of methoxy groups -OCH3 is 2. The number of rotatable bonds is 7.